The summed E-state index contributed by atoms with van der Waals surface area (Å²) in [6.45, 7) is 3.38. The number of rotatable bonds is 10. The minimum Gasteiger partial charge on any atom is -0.495 e. The molecule has 0 atom stereocenters. The van der Waals surface area contributed by atoms with Crippen LogP contribution in [0.25, 0.3) is 0 Å². The molecule has 3 rings (SSSR count). The first-order chi connectivity index (χ1) is 16.0. The molecule has 2 aromatic carbocycles. The molecule has 1 heterocycles. The largest absolute Gasteiger partial charge is 0.495 e. The summed E-state index contributed by atoms with van der Waals surface area (Å²) in [5.74, 6) is 0.465. The van der Waals surface area contributed by atoms with E-state index in [0.29, 0.717) is 31.1 Å². The lowest BCUT2D eigenvalue weighted by Gasteiger charge is -2.28. The van der Waals surface area contributed by atoms with Crippen molar-refractivity contribution in [2.45, 2.75) is 26.4 Å². The summed E-state index contributed by atoms with van der Waals surface area (Å²) < 4.78 is 7.33. The van der Waals surface area contributed by atoms with Crippen molar-refractivity contribution in [1.29, 1.82) is 0 Å². The highest BCUT2D eigenvalue weighted by Gasteiger charge is 2.22. The number of hydrogen-bond acceptors (Lipinski definition) is 3. The van der Waals surface area contributed by atoms with Crippen molar-refractivity contribution in [3.63, 3.8) is 0 Å². The molecule has 0 spiro atoms. The lowest BCUT2D eigenvalue weighted by Crippen LogP contribution is -2.44. The fourth-order valence-electron chi connectivity index (χ4n) is 3.62. The molecule has 0 saturated heterocycles. The number of amides is 3. The average Bonchev–Trinajstić information content (AvgIpc) is 3.23. The first kappa shape index (κ1) is 23.9. The molecule has 1 N–H and O–H groups in total. The van der Waals surface area contributed by atoms with Crippen molar-refractivity contribution in [1.82, 2.24) is 14.4 Å². The van der Waals surface area contributed by atoms with E-state index in [2.05, 4.69) is 5.32 Å². The van der Waals surface area contributed by atoms with Gasteiger partial charge in [0.2, 0.25) is 5.91 Å². The number of carbonyl (C=O) groups is 2. The second-order valence-electron chi connectivity index (χ2n) is 7.90. The summed E-state index contributed by atoms with van der Waals surface area (Å²) in [6.07, 6.45) is 2.70. The van der Waals surface area contributed by atoms with E-state index < -0.39 is 0 Å². The molecule has 3 amide bonds. The lowest BCUT2D eigenvalue weighted by molar-refractivity contribution is -0.133. The van der Waals surface area contributed by atoms with Crippen LogP contribution in [0.2, 0.25) is 0 Å². The van der Waals surface area contributed by atoms with Crippen LogP contribution in [0.15, 0.2) is 72.9 Å². The van der Waals surface area contributed by atoms with E-state index >= 15 is 0 Å². The van der Waals surface area contributed by atoms with Gasteiger partial charge in [-0.15, -0.1) is 0 Å². The van der Waals surface area contributed by atoms with Gasteiger partial charge in [-0.1, -0.05) is 49.4 Å². The first-order valence-electron chi connectivity index (χ1n) is 11.1. The van der Waals surface area contributed by atoms with Crippen LogP contribution in [0, 0.1) is 0 Å². The number of aryl methyl sites for hydroxylation is 1. The number of ether oxygens (including phenoxy) is 1. The Labute approximate surface area is 195 Å². The van der Waals surface area contributed by atoms with E-state index in [9.17, 15) is 9.59 Å². The highest BCUT2D eigenvalue weighted by atomic mass is 16.5. The number of aromatic nitrogens is 1. The van der Waals surface area contributed by atoms with Crippen LogP contribution in [0.5, 0.6) is 5.75 Å². The summed E-state index contributed by atoms with van der Waals surface area (Å²) in [6, 6.07) is 20.8. The highest BCUT2D eigenvalue weighted by molar-refractivity contribution is 5.93. The van der Waals surface area contributed by atoms with Gasteiger partial charge in [0.15, 0.2) is 0 Å². The Morgan fingerprint density at radius 1 is 0.939 bits per heavy atom. The Hall–Kier alpha value is -3.74. The third-order valence-electron chi connectivity index (χ3n) is 5.43. The second kappa shape index (κ2) is 11.8. The topological polar surface area (TPSA) is 66.8 Å². The molecule has 0 saturated carbocycles. The molecule has 7 nitrogen and oxygen atoms in total. The van der Waals surface area contributed by atoms with Crippen molar-refractivity contribution in [2.24, 2.45) is 7.05 Å². The molecule has 1 aromatic heterocycles. The van der Waals surface area contributed by atoms with Gasteiger partial charge in [-0.25, -0.2) is 4.79 Å². The van der Waals surface area contributed by atoms with Gasteiger partial charge in [-0.05, 0) is 36.2 Å². The number of benzene rings is 2. The fourth-order valence-corrected chi connectivity index (χ4v) is 3.62. The predicted molar refractivity (Wildman–Crippen MR) is 130 cm³/mol. The van der Waals surface area contributed by atoms with E-state index in [0.717, 1.165) is 17.7 Å². The molecule has 3 aromatic rings. The van der Waals surface area contributed by atoms with Gasteiger partial charge in [0.05, 0.1) is 19.3 Å². The van der Waals surface area contributed by atoms with Crippen molar-refractivity contribution in [3.8, 4) is 5.75 Å². The number of para-hydroxylation sites is 2. The lowest BCUT2D eigenvalue weighted by atomic mass is 10.2. The summed E-state index contributed by atoms with van der Waals surface area (Å²) in [4.78, 5) is 29.8. The van der Waals surface area contributed by atoms with Crippen LogP contribution in [0.1, 0.15) is 24.6 Å². The quantitative estimate of drug-likeness (QED) is 0.496. The minimum absolute atomic E-state index is 0.00786. The van der Waals surface area contributed by atoms with Crippen molar-refractivity contribution < 1.29 is 14.3 Å². The van der Waals surface area contributed by atoms with Gasteiger partial charge in [0, 0.05) is 32.0 Å². The van der Waals surface area contributed by atoms with E-state index in [4.69, 9.17) is 4.74 Å². The number of anilines is 1. The van der Waals surface area contributed by atoms with Crippen LogP contribution in [0.3, 0.4) is 0 Å². The van der Waals surface area contributed by atoms with Gasteiger partial charge < -0.3 is 24.4 Å². The van der Waals surface area contributed by atoms with Crippen LogP contribution < -0.4 is 10.1 Å². The van der Waals surface area contributed by atoms with Crippen LogP contribution in [0.4, 0.5) is 10.5 Å². The third-order valence-corrected chi connectivity index (χ3v) is 5.43. The summed E-state index contributed by atoms with van der Waals surface area (Å²) >= 11 is 0. The standard InChI is InChI=1S/C26H32N4O3/c1-4-16-29(26(32)27-23-14-8-9-15-24(23)33-3)20-25(31)30(18-21-11-6-5-7-12-21)19-22-13-10-17-28(22)2/h5-15,17H,4,16,18-20H2,1-3H3,(H,27,32). The van der Waals surface area contributed by atoms with Crippen molar-refractivity contribution in [3.05, 3.63) is 84.2 Å². The smallest absolute Gasteiger partial charge is 0.322 e. The molecule has 0 fully saturated rings. The maximum Gasteiger partial charge on any atom is 0.322 e. The maximum absolute atomic E-state index is 13.4. The zero-order valence-corrected chi connectivity index (χ0v) is 19.5. The van der Waals surface area contributed by atoms with Gasteiger partial charge in [0.1, 0.15) is 12.3 Å². The van der Waals surface area contributed by atoms with E-state index in [-0.39, 0.29) is 18.5 Å². The molecule has 7 heteroatoms. The summed E-state index contributed by atoms with van der Waals surface area (Å²) in [7, 11) is 3.52. The average molecular weight is 449 g/mol. The second-order valence-corrected chi connectivity index (χ2v) is 7.90. The zero-order chi connectivity index (χ0) is 23.6. The van der Waals surface area contributed by atoms with E-state index in [1.54, 1.807) is 29.0 Å². The Morgan fingerprint density at radius 3 is 2.33 bits per heavy atom. The Morgan fingerprint density at radius 2 is 1.67 bits per heavy atom. The SMILES string of the molecule is CCCN(CC(=O)N(Cc1ccccc1)Cc1cccn1C)C(=O)Nc1ccccc1OC. The molecular weight excluding hydrogens is 416 g/mol. The van der Waals surface area contributed by atoms with Crippen molar-refractivity contribution in [2.75, 3.05) is 25.5 Å². The zero-order valence-electron chi connectivity index (χ0n) is 19.5. The van der Waals surface area contributed by atoms with Crippen LogP contribution in [-0.4, -0.2) is 46.5 Å². The fraction of sp³-hybridized carbons (Fsp3) is 0.308. The minimum atomic E-state index is -0.326. The molecule has 0 aliphatic carbocycles. The third kappa shape index (κ3) is 6.62. The number of nitrogens with zero attached hydrogens (tertiary/aromatic N) is 3. The van der Waals surface area contributed by atoms with E-state index in [1.807, 2.05) is 79.3 Å². The van der Waals surface area contributed by atoms with Gasteiger partial charge in [-0.2, -0.15) is 0 Å². The Balaban J connectivity index is 1.76. The molecule has 0 radical (unpaired) electrons. The predicted octanol–water partition coefficient (Wildman–Crippen LogP) is 4.51. The number of carbonyl (C=O) groups excluding carboxylic acids is 2. The Kier molecular flexibility index (Phi) is 8.52. The van der Waals surface area contributed by atoms with Gasteiger partial charge >= 0.3 is 6.03 Å². The number of urea groups is 1. The molecule has 0 aliphatic rings. The molecule has 0 bridgehead atoms. The van der Waals surface area contributed by atoms with E-state index in [1.165, 1.54) is 0 Å². The number of nitrogens with one attached hydrogen (secondary N) is 1. The molecule has 0 aliphatic heterocycles. The van der Waals surface area contributed by atoms with Crippen LogP contribution in [-0.2, 0) is 24.9 Å². The Bertz CT molecular complexity index is 1050. The number of hydrogen-bond donors (Lipinski definition) is 1. The molecule has 0 unspecified atom stereocenters. The normalized spacial score (nSPS) is 10.5. The maximum atomic E-state index is 13.4. The van der Waals surface area contributed by atoms with Gasteiger partial charge in [-0.3, -0.25) is 4.79 Å². The highest BCUT2D eigenvalue weighted by Crippen LogP contribution is 2.23. The molecular formula is C26H32N4O3. The van der Waals surface area contributed by atoms with Crippen LogP contribution >= 0.6 is 0 Å². The first-order valence-corrected chi connectivity index (χ1v) is 11.1. The van der Waals surface area contributed by atoms with Crippen molar-refractivity contribution >= 4 is 17.6 Å². The van der Waals surface area contributed by atoms with Gasteiger partial charge in [0.25, 0.3) is 0 Å². The summed E-state index contributed by atoms with van der Waals surface area (Å²) in [5.41, 5.74) is 2.64. The monoisotopic (exact) mass is 448 g/mol. The molecule has 33 heavy (non-hydrogen) atoms. The summed E-state index contributed by atoms with van der Waals surface area (Å²) in [5, 5.41) is 2.88. The number of methoxy groups -OCH3 is 1. The molecule has 174 valence electrons.